The minimum atomic E-state index is -0.698. The molecule has 28 heavy (non-hydrogen) atoms. The van der Waals surface area contributed by atoms with Crippen LogP contribution >= 0.6 is 0 Å². The molecule has 0 spiro atoms. The van der Waals surface area contributed by atoms with Gasteiger partial charge in [0.1, 0.15) is 5.75 Å². The molecule has 0 bridgehead atoms. The summed E-state index contributed by atoms with van der Waals surface area (Å²) in [7, 11) is 0. The molecule has 0 N–H and O–H groups in total. The maximum Gasteiger partial charge on any atom is 0.513 e. The third-order valence-corrected chi connectivity index (χ3v) is 4.63. The van der Waals surface area contributed by atoms with E-state index in [-0.39, 0.29) is 6.61 Å². The Balaban J connectivity index is 1.97. The fourth-order valence-corrected chi connectivity index (χ4v) is 3.42. The molecule has 0 fully saturated rings. The molecule has 138 valence electrons. The molecule has 0 aliphatic rings. The van der Waals surface area contributed by atoms with E-state index in [0.29, 0.717) is 5.75 Å². The van der Waals surface area contributed by atoms with E-state index >= 15 is 0 Å². The lowest BCUT2D eigenvalue weighted by atomic mass is 9.91. The van der Waals surface area contributed by atoms with Gasteiger partial charge in [-0.15, -0.1) is 0 Å². The Morgan fingerprint density at radius 3 is 2.21 bits per heavy atom. The SMILES string of the molecule is CCOC(=O)Oc1ccc2ccccc2c1-c1ccccc1-c1ccccc1. The van der Waals surface area contributed by atoms with Crippen molar-refractivity contribution in [3.63, 3.8) is 0 Å². The standard InChI is InChI=1S/C25H20O3/c1-2-27-25(26)28-23-17-16-19-12-6-7-14-21(19)24(23)22-15-9-8-13-20(22)18-10-4-3-5-11-18/h3-17H,2H2,1H3. The Hall–Kier alpha value is -3.59. The number of fused-ring (bicyclic) bond motifs is 1. The van der Waals surface area contributed by atoms with Gasteiger partial charge >= 0.3 is 6.16 Å². The largest absolute Gasteiger partial charge is 0.513 e. The van der Waals surface area contributed by atoms with Crippen LogP contribution in [0.25, 0.3) is 33.0 Å². The second-order valence-electron chi connectivity index (χ2n) is 6.36. The minimum absolute atomic E-state index is 0.266. The third-order valence-electron chi connectivity index (χ3n) is 4.63. The Kier molecular flexibility index (Phi) is 5.07. The summed E-state index contributed by atoms with van der Waals surface area (Å²) in [6.07, 6.45) is -0.698. The van der Waals surface area contributed by atoms with Crippen LogP contribution in [0.3, 0.4) is 0 Å². The van der Waals surface area contributed by atoms with Crippen LogP contribution in [0.5, 0.6) is 5.75 Å². The number of carbonyl (C=O) groups excluding carboxylic acids is 1. The van der Waals surface area contributed by atoms with Crippen LogP contribution in [-0.4, -0.2) is 12.8 Å². The van der Waals surface area contributed by atoms with Gasteiger partial charge in [-0.2, -0.15) is 0 Å². The summed E-state index contributed by atoms with van der Waals surface area (Å²) in [4.78, 5) is 12.0. The van der Waals surface area contributed by atoms with E-state index < -0.39 is 6.16 Å². The zero-order valence-electron chi connectivity index (χ0n) is 15.6. The molecule has 0 unspecified atom stereocenters. The molecule has 0 saturated carbocycles. The zero-order chi connectivity index (χ0) is 19.3. The van der Waals surface area contributed by atoms with Gasteiger partial charge in [0, 0.05) is 5.56 Å². The molecule has 0 amide bonds. The predicted octanol–water partition coefficient (Wildman–Crippen LogP) is 6.71. The molecule has 0 aromatic heterocycles. The molecular formula is C25H20O3. The lowest BCUT2D eigenvalue weighted by Gasteiger charge is -2.16. The molecule has 0 radical (unpaired) electrons. The predicted molar refractivity (Wildman–Crippen MR) is 112 cm³/mol. The summed E-state index contributed by atoms with van der Waals surface area (Å²) in [6.45, 7) is 2.02. The lowest BCUT2D eigenvalue weighted by molar-refractivity contribution is 0.104. The van der Waals surface area contributed by atoms with Gasteiger partial charge in [-0.1, -0.05) is 84.9 Å². The molecule has 4 rings (SSSR count). The van der Waals surface area contributed by atoms with Crippen LogP contribution in [0.1, 0.15) is 6.92 Å². The number of hydrogen-bond acceptors (Lipinski definition) is 3. The van der Waals surface area contributed by atoms with Crippen molar-refractivity contribution in [2.24, 2.45) is 0 Å². The van der Waals surface area contributed by atoms with Crippen LogP contribution in [0.15, 0.2) is 91.0 Å². The summed E-state index contributed by atoms with van der Waals surface area (Å²) >= 11 is 0. The van der Waals surface area contributed by atoms with Crippen LogP contribution in [0.2, 0.25) is 0 Å². The smallest absolute Gasteiger partial charge is 0.434 e. The molecule has 4 aromatic carbocycles. The first-order valence-corrected chi connectivity index (χ1v) is 9.29. The number of carbonyl (C=O) groups is 1. The van der Waals surface area contributed by atoms with E-state index in [1.54, 1.807) is 6.92 Å². The molecule has 3 heteroatoms. The minimum Gasteiger partial charge on any atom is -0.434 e. The molecule has 3 nitrogen and oxygen atoms in total. The van der Waals surface area contributed by atoms with Crippen molar-refractivity contribution < 1.29 is 14.3 Å². The Morgan fingerprint density at radius 2 is 1.43 bits per heavy atom. The Labute approximate surface area is 164 Å². The van der Waals surface area contributed by atoms with Gasteiger partial charge in [0.15, 0.2) is 0 Å². The monoisotopic (exact) mass is 368 g/mol. The highest BCUT2D eigenvalue weighted by Gasteiger charge is 2.18. The summed E-state index contributed by atoms with van der Waals surface area (Å²) in [5.41, 5.74) is 4.07. The Morgan fingerprint density at radius 1 is 0.750 bits per heavy atom. The normalized spacial score (nSPS) is 10.6. The summed E-state index contributed by atoms with van der Waals surface area (Å²) in [6, 6.07) is 30.2. The van der Waals surface area contributed by atoms with Crippen LogP contribution in [-0.2, 0) is 4.74 Å². The molecule has 0 saturated heterocycles. The van der Waals surface area contributed by atoms with E-state index in [4.69, 9.17) is 9.47 Å². The number of rotatable bonds is 4. The first kappa shape index (κ1) is 17.8. The van der Waals surface area contributed by atoms with Crippen molar-refractivity contribution in [2.75, 3.05) is 6.61 Å². The first-order valence-electron chi connectivity index (χ1n) is 9.29. The van der Waals surface area contributed by atoms with E-state index in [0.717, 1.165) is 33.0 Å². The van der Waals surface area contributed by atoms with Gasteiger partial charge in [-0.05, 0) is 40.5 Å². The second-order valence-corrected chi connectivity index (χ2v) is 6.36. The number of hydrogen-bond donors (Lipinski definition) is 0. The van der Waals surface area contributed by atoms with Gasteiger partial charge in [0.2, 0.25) is 0 Å². The van der Waals surface area contributed by atoms with Crippen LogP contribution in [0, 0.1) is 0 Å². The average molecular weight is 368 g/mol. The summed E-state index contributed by atoms with van der Waals surface area (Å²) in [5.74, 6) is 0.487. The van der Waals surface area contributed by atoms with Gasteiger partial charge in [-0.3, -0.25) is 0 Å². The van der Waals surface area contributed by atoms with Gasteiger partial charge in [-0.25, -0.2) is 4.79 Å². The van der Waals surface area contributed by atoms with Crippen molar-refractivity contribution in [3.8, 4) is 28.0 Å². The van der Waals surface area contributed by atoms with Gasteiger partial charge < -0.3 is 9.47 Å². The fraction of sp³-hybridized carbons (Fsp3) is 0.0800. The highest BCUT2D eigenvalue weighted by Crippen LogP contribution is 2.42. The van der Waals surface area contributed by atoms with Gasteiger partial charge in [0.05, 0.1) is 6.61 Å². The molecule has 0 aliphatic carbocycles. The number of benzene rings is 4. The van der Waals surface area contributed by atoms with Crippen molar-refractivity contribution in [1.29, 1.82) is 0 Å². The second kappa shape index (κ2) is 7.97. The molecule has 0 atom stereocenters. The maximum atomic E-state index is 12.0. The van der Waals surface area contributed by atoms with Crippen LogP contribution < -0.4 is 4.74 Å². The molecule has 0 aliphatic heterocycles. The molecule has 0 heterocycles. The summed E-state index contributed by atoms with van der Waals surface area (Å²) < 4.78 is 10.6. The van der Waals surface area contributed by atoms with E-state index in [9.17, 15) is 4.79 Å². The fourth-order valence-electron chi connectivity index (χ4n) is 3.42. The highest BCUT2D eigenvalue weighted by atomic mass is 16.7. The molecular weight excluding hydrogens is 348 g/mol. The maximum absolute atomic E-state index is 12.0. The number of ether oxygens (including phenoxy) is 2. The average Bonchev–Trinajstić information content (AvgIpc) is 2.74. The van der Waals surface area contributed by atoms with Crippen molar-refractivity contribution in [1.82, 2.24) is 0 Å². The van der Waals surface area contributed by atoms with Crippen LogP contribution in [0.4, 0.5) is 4.79 Å². The van der Waals surface area contributed by atoms with Crippen molar-refractivity contribution in [3.05, 3.63) is 91.0 Å². The summed E-state index contributed by atoms with van der Waals surface area (Å²) in [5, 5.41) is 2.10. The van der Waals surface area contributed by atoms with Crippen molar-refractivity contribution >= 4 is 16.9 Å². The van der Waals surface area contributed by atoms with E-state index in [1.165, 1.54) is 0 Å². The van der Waals surface area contributed by atoms with E-state index in [1.807, 2.05) is 60.7 Å². The lowest BCUT2D eigenvalue weighted by Crippen LogP contribution is -2.10. The van der Waals surface area contributed by atoms with Gasteiger partial charge in [0.25, 0.3) is 0 Å². The van der Waals surface area contributed by atoms with E-state index in [2.05, 4.69) is 30.3 Å². The quantitative estimate of drug-likeness (QED) is 0.297. The Bertz CT molecular complexity index is 1120. The highest BCUT2D eigenvalue weighted by molar-refractivity contribution is 6.03. The third kappa shape index (κ3) is 3.47. The van der Waals surface area contributed by atoms with Crippen molar-refractivity contribution in [2.45, 2.75) is 6.92 Å². The topological polar surface area (TPSA) is 35.5 Å². The molecule has 4 aromatic rings. The first-order chi connectivity index (χ1) is 13.8. The zero-order valence-corrected chi connectivity index (χ0v) is 15.6.